The fourth-order valence-electron chi connectivity index (χ4n) is 0.224. The first-order valence-electron chi connectivity index (χ1n) is 2.17. The van der Waals surface area contributed by atoms with Gasteiger partial charge in [-0.25, -0.2) is 0 Å². The van der Waals surface area contributed by atoms with Crippen molar-refractivity contribution in [1.29, 1.82) is 0 Å². The van der Waals surface area contributed by atoms with Gasteiger partial charge in [-0.1, -0.05) is 0 Å². The van der Waals surface area contributed by atoms with Crippen LogP contribution in [0.4, 0.5) is 17.6 Å². The molecule has 0 fully saturated rings. The number of hydrogen-bond acceptors (Lipinski definition) is 1. The number of hydrogen-bond donors (Lipinski definition) is 0. The third kappa shape index (κ3) is 4.83. The fourth-order valence-corrected chi connectivity index (χ4v) is 0.363. The topological polar surface area (TPSA) is 3.24 Å². The van der Waals surface area contributed by atoms with Crippen molar-refractivity contribution in [3.05, 3.63) is 12.0 Å². The first-order chi connectivity index (χ1) is 4.33. The molecule has 0 unspecified atom stereocenters. The summed E-state index contributed by atoms with van der Waals surface area (Å²) < 4.78 is 46.8. The van der Waals surface area contributed by atoms with Crippen LogP contribution in [0.15, 0.2) is 12.0 Å². The molecular weight excluding hydrogens is 265 g/mol. The van der Waals surface area contributed by atoms with Crippen LogP contribution in [0, 0.1) is 0 Å². The van der Waals surface area contributed by atoms with E-state index < -0.39 is 18.2 Å². The maximum atomic E-state index is 12.1. The molecule has 0 rings (SSSR count). The van der Waals surface area contributed by atoms with Crippen LogP contribution in [0.25, 0.3) is 0 Å². The zero-order valence-electron chi connectivity index (χ0n) is 4.91. The van der Waals surface area contributed by atoms with Crippen molar-refractivity contribution in [3.63, 3.8) is 0 Å². The molecule has 0 aliphatic rings. The second-order valence-electron chi connectivity index (χ2n) is 1.49. The van der Waals surface area contributed by atoms with Crippen LogP contribution in [0.2, 0.25) is 0 Å². The lowest BCUT2D eigenvalue weighted by molar-refractivity contribution is -0.0820. The van der Waals surface area contributed by atoms with Crippen molar-refractivity contribution in [3.8, 4) is 0 Å². The molecule has 0 saturated carbocycles. The highest BCUT2D eigenvalue weighted by molar-refractivity contribution is 14.1. The summed E-state index contributed by atoms with van der Waals surface area (Å²) in [4.78, 5) is 0. The number of allylic oxidation sites excluding steroid dienone is 1. The van der Waals surface area contributed by atoms with Gasteiger partial charge >= 0.3 is 6.18 Å². The first-order valence-corrected chi connectivity index (χ1v) is 3.14. The standard InChI is InChI=1S/C4H4F4IN/c1-10(9)3(5)2-4(6,7)8/h2H,1H3/b3-2-. The van der Waals surface area contributed by atoms with Gasteiger partial charge in [0.1, 0.15) is 0 Å². The fraction of sp³-hybridized carbons (Fsp3) is 0.500. The average Bonchev–Trinajstić information content (AvgIpc) is 1.60. The Morgan fingerprint density at radius 3 is 2.00 bits per heavy atom. The van der Waals surface area contributed by atoms with E-state index in [0.29, 0.717) is 3.11 Å². The molecule has 0 radical (unpaired) electrons. The summed E-state index contributed by atoms with van der Waals surface area (Å²) in [5.74, 6) is -1.31. The molecule has 10 heavy (non-hydrogen) atoms. The molecule has 0 heterocycles. The molecule has 0 saturated heterocycles. The van der Waals surface area contributed by atoms with Crippen molar-refractivity contribution in [1.82, 2.24) is 3.11 Å². The van der Waals surface area contributed by atoms with Crippen molar-refractivity contribution in [2.75, 3.05) is 7.05 Å². The Morgan fingerprint density at radius 1 is 1.50 bits per heavy atom. The van der Waals surface area contributed by atoms with Crippen LogP contribution in [-0.2, 0) is 0 Å². The van der Waals surface area contributed by atoms with Gasteiger partial charge in [-0.2, -0.15) is 17.6 Å². The first kappa shape index (κ1) is 9.99. The number of halogens is 5. The summed E-state index contributed by atoms with van der Waals surface area (Å²) in [6, 6.07) is 0. The summed E-state index contributed by atoms with van der Waals surface area (Å²) in [5.41, 5.74) is 0. The SMILES string of the molecule is CN(I)/C(F)=C\C(F)(F)F. The highest BCUT2D eigenvalue weighted by atomic mass is 127. The van der Waals surface area contributed by atoms with Gasteiger partial charge < -0.3 is 0 Å². The predicted molar refractivity (Wildman–Crippen MR) is 37.0 cm³/mol. The minimum Gasteiger partial charge on any atom is -0.294 e. The Bertz CT molecular complexity index is 139. The van der Waals surface area contributed by atoms with Gasteiger partial charge in [0.25, 0.3) is 0 Å². The van der Waals surface area contributed by atoms with E-state index >= 15 is 0 Å². The summed E-state index contributed by atoms with van der Waals surface area (Å²) in [5, 5.41) is 0. The van der Waals surface area contributed by atoms with Crippen molar-refractivity contribution in [2.45, 2.75) is 6.18 Å². The third-order valence-corrected chi connectivity index (χ3v) is 1.04. The zero-order chi connectivity index (χ0) is 8.36. The molecule has 0 atom stereocenters. The number of nitrogens with zero attached hydrogens (tertiary/aromatic N) is 1. The van der Waals surface area contributed by atoms with Gasteiger partial charge in [0, 0.05) is 7.05 Å². The van der Waals surface area contributed by atoms with Crippen LogP contribution in [0.1, 0.15) is 0 Å². The lowest BCUT2D eigenvalue weighted by atomic mass is 10.6. The maximum Gasteiger partial charge on any atom is 0.414 e. The molecule has 1 nitrogen and oxygen atoms in total. The molecule has 60 valence electrons. The van der Waals surface area contributed by atoms with E-state index in [2.05, 4.69) is 0 Å². The Kier molecular flexibility index (Phi) is 3.40. The van der Waals surface area contributed by atoms with E-state index in [-0.39, 0.29) is 0 Å². The highest BCUT2D eigenvalue weighted by Gasteiger charge is 2.25. The Labute approximate surface area is 69.2 Å². The van der Waals surface area contributed by atoms with E-state index in [0.717, 1.165) is 0 Å². The highest BCUT2D eigenvalue weighted by Crippen LogP contribution is 2.21. The van der Waals surface area contributed by atoms with Gasteiger partial charge in [-0.15, -0.1) is 0 Å². The summed E-state index contributed by atoms with van der Waals surface area (Å²) in [6.07, 6.45) is -4.98. The summed E-state index contributed by atoms with van der Waals surface area (Å²) in [7, 11) is 1.18. The maximum absolute atomic E-state index is 12.1. The van der Waals surface area contributed by atoms with E-state index in [4.69, 9.17) is 0 Å². The van der Waals surface area contributed by atoms with Crippen LogP contribution >= 0.6 is 22.9 Å². The minimum absolute atomic E-state index is 0.403. The molecule has 0 aliphatic carbocycles. The zero-order valence-corrected chi connectivity index (χ0v) is 7.07. The largest absolute Gasteiger partial charge is 0.414 e. The van der Waals surface area contributed by atoms with Gasteiger partial charge in [-0.05, 0) is 0 Å². The number of alkyl halides is 3. The monoisotopic (exact) mass is 269 g/mol. The van der Waals surface area contributed by atoms with Crippen molar-refractivity contribution in [2.24, 2.45) is 0 Å². The van der Waals surface area contributed by atoms with E-state index in [1.54, 1.807) is 0 Å². The van der Waals surface area contributed by atoms with E-state index in [9.17, 15) is 17.6 Å². The third-order valence-electron chi connectivity index (χ3n) is 0.577. The number of rotatable bonds is 1. The van der Waals surface area contributed by atoms with Gasteiger partial charge in [0.2, 0.25) is 5.95 Å². The van der Waals surface area contributed by atoms with Crippen LogP contribution in [0.3, 0.4) is 0 Å². The van der Waals surface area contributed by atoms with Crippen molar-refractivity contribution < 1.29 is 17.6 Å². The van der Waals surface area contributed by atoms with Gasteiger partial charge in [0.15, 0.2) is 0 Å². The molecule has 0 N–H and O–H groups in total. The molecule has 0 amide bonds. The molecule has 0 bridgehead atoms. The van der Waals surface area contributed by atoms with Gasteiger partial charge in [0.05, 0.1) is 28.9 Å². The molecule has 0 aromatic carbocycles. The molecular formula is C4H4F4IN. The molecule has 6 heteroatoms. The predicted octanol–water partition coefficient (Wildman–Crippen LogP) is 2.64. The van der Waals surface area contributed by atoms with Gasteiger partial charge in [-0.3, -0.25) is 3.11 Å². The normalized spacial score (nSPS) is 13.6. The minimum atomic E-state index is -4.58. The molecule has 0 aromatic rings. The Hall–Kier alpha value is -0.0100. The summed E-state index contributed by atoms with van der Waals surface area (Å²) >= 11 is 1.40. The lowest BCUT2D eigenvalue weighted by Crippen LogP contribution is -2.07. The molecule has 0 aromatic heterocycles. The Morgan fingerprint density at radius 2 is 1.90 bits per heavy atom. The lowest BCUT2D eigenvalue weighted by Gasteiger charge is -2.06. The smallest absolute Gasteiger partial charge is 0.294 e. The van der Waals surface area contributed by atoms with Crippen LogP contribution in [-0.4, -0.2) is 16.3 Å². The van der Waals surface area contributed by atoms with E-state index in [1.807, 2.05) is 0 Å². The molecule has 0 spiro atoms. The van der Waals surface area contributed by atoms with Crippen LogP contribution in [0.5, 0.6) is 0 Å². The second kappa shape index (κ2) is 3.40. The Balaban J connectivity index is 4.17. The van der Waals surface area contributed by atoms with Crippen molar-refractivity contribution >= 4 is 22.9 Å². The molecule has 0 aliphatic heterocycles. The summed E-state index contributed by atoms with van der Waals surface area (Å²) in [6.45, 7) is 0. The quantitative estimate of drug-likeness (QED) is 0.306. The average molecular weight is 269 g/mol. The van der Waals surface area contributed by atoms with Crippen LogP contribution < -0.4 is 0 Å². The van der Waals surface area contributed by atoms with E-state index in [1.165, 1.54) is 29.9 Å². The second-order valence-corrected chi connectivity index (χ2v) is 2.93.